The number of nitro groups is 1. The molecule has 8 nitrogen and oxygen atoms in total. The molecule has 0 saturated carbocycles. The van der Waals surface area contributed by atoms with Gasteiger partial charge in [0.1, 0.15) is 24.2 Å². The number of hydrogen-bond donors (Lipinski definition) is 0. The molecule has 132 valence electrons. The van der Waals surface area contributed by atoms with Crippen molar-refractivity contribution in [2.24, 2.45) is 0 Å². The van der Waals surface area contributed by atoms with Crippen LogP contribution in [0, 0.1) is 15.9 Å². The number of hydrogen-bond acceptors (Lipinski definition) is 5. The summed E-state index contributed by atoms with van der Waals surface area (Å²) in [5.41, 5.74) is 0.401. The van der Waals surface area contributed by atoms with E-state index in [0.29, 0.717) is 5.56 Å². The first kappa shape index (κ1) is 17.2. The fraction of sp³-hybridized carbons (Fsp3) is 0.118. The largest absolute Gasteiger partial charge is 0.337 e. The average molecular weight is 355 g/mol. The molecule has 3 rings (SSSR count). The van der Waals surface area contributed by atoms with E-state index in [1.54, 1.807) is 18.2 Å². The Balaban J connectivity index is 1.89. The van der Waals surface area contributed by atoms with Crippen LogP contribution in [0.5, 0.6) is 0 Å². The highest BCUT2D eigenvalue weighted by molar-refractivity contribution is 5.95. The highest BCUT2D eigenvalue weighted by Crippen LogP contribution is 2.24. The van der Waals surface area contributed by atoms with E-state index in [1.165, 1.54) is 53.5 Å². The molecule has 0 aliphatic heterocycles. The molecule has 0 fully saturated rings. The Bertz CT molecular complexity index is 959. The lowest BCUT2D eigenvalue weighted by Gasteiger charge is -2.18. The zero-order valence-corrected chi connectivity index (χ0v) is 13.7. The quantitative estimate of drug-likeness (QED) is 0.518. The van der Waals surface area contributed by atoms with E-state index in [0.717, 1.165) is 0 Å². The first-order valence-electron chi connectivity index (χ1n) is 7.59. The van der Waals surface area contributed by atoms with E-state index >= 15 is 0 Å². The third-order valence-electron chi connectivity index (χ3n) is 3.80. The summed E-state index contributed by atoms with van der Waals surface area (Å²) in [6.45, 7) is 0.0458. The number of halogens is 1. The van der Waals surface area contributed by atoms with Gasteiger partial charge in [-0.15, -0.1) is 0 Å². The second-order valence-corrected chi connectivity index (χ2v) is 5.55. The fourth-order valence-electron chi connectivity index (χ4n) is 2.50. The first-order valence-corrected chi connectivity index (χ1v) is 7.59. The molecule has 1 aromatic heterocycles. The lowest BCUT2D eigenvalue weighted by Crippen LogP contribution is -2.26. The van der Waals surface area contributed by atoms with Gasteiger partial charge >= 0.3 is 0 Å². The third-order valence-corrected chi connectivity index (χ3v) is 3.80. The molecule has 0 spiro atoms. The molecular formula is C17H14FN5O3. The SMILES string of the molecule is CN(Cc1ccccc1F)C(=O)c1ccc(-n2cncn2)c([N+](=O)[O-])c1. The number of amides is 1. The molecule has 0 unspecified atom stereocenters. The van der Waals surface area contributed by atoms with Crippen LogP contribution in [0.15, 0.2) is 55.1 Å². The smallest absolute Gasteiger partial charge is 0.295 e. The monoisotopic (exact) mass is 355 g/mol. The molecule has 0 aliphatic carbocycles. The van der Waals surface area contributed by atoms with Gasteiger partial charge in [-0.05, 0) is 18.2 Å². The molecule has 0 saturated heterocycles. The maximum Gasteiger partial charge on any atom is 0.295 e. The van der Waals surface area contributed by atoms with Crippen molar-refractivity contribution < 1.29 is 14.1 Å². The summed E-state index contributed by atoms with van der Waals surface area (Å²) < 4.78 is 15.0. The van der Waals surface area contributed by atoms with Crippen molar-refractivity contribution in [3.8, 4) is 5.69 Å². The molecule has 2 aromatic carbocycles. The molecule has 0 bridgehead atoms. The zero-order valence-electron chi connectivity index (χ0n) is 13.7. The van der Waals surface area contributed by atoms with Crippen LogP contribution in [0.25, 0.3) is 5.69 Å². The normalized spacial score (nSPS) is 10.5. The summed E-state index contributed by atoms with van der Waals surface area (Å²) in [5, 5.41) is 15.2. The number of rotatable bonds is 5. The van der Waals surface area contributed by atoms with Gasteiger partial charge in [0.25, 0.3) is 11.6 Å². The van der Waals surface area contributed by atoms with Crippen molar-refractivity contribution in [2.45, 2.75) is 6.54 Å². The van der Waals surface area contributed by atoms with E-state index in [4.69, 9.17) is 0 Å². The molecule has 0 radical (unpaired) electrons. The van der Waals surface area contributed by atoms with Crippen LogP contribution >= 0.6 is 0 Å². The van der Waals surface area contributed by atoms with Crippen molar-refractivity contribution in [1.82, 2.24) is 19.7 Å². The maximum atomic E-state index is 13.8. The summed E-state index contributed by atoms with van der Waals surface area (Å²) in [4.78, 5) is 28.4. The second-order valence-electron chi connectivity index (χ2n) is 5.55. The van der Waals surface area contributed by atoms with Gasteiger partial charge in [0.05, 0.1) is 4.92 Å². The van der Waals surface area contributed by atoms with Gasteiger partial charge in [0, 0.05) is 30.8 Å². The predicted octanol–water partition coefficient (Wildman–Crippen LogP) is 2.59. The van der Waals surface area contributed by atoms with Crippen molar-refractivity contribution in [3.05, 3.63) is 82.2 Å². The molecule has 9 heteroatoms. The Morgan fingerprint density at radius 1 is 1.31 bits per heavy atom. The van der Waals surface area contributed by atoms with Gasteiger partial charge in [-0.25, -0.2) is 14.1 Å². The fourth-order valence-corrected chi connectivity index (χ4v) is 2.50. The Labute approximate surface area is 147 Å². The van der Waals surface area contributed by atoms with Crippen LogP contribution in [-0.4, -0.2) is 37.5 Å². The van der Waals surface area contributed by atoms with Crippen LogP contribution in [-0.2, 0) is 6.54 Å². The van der Waals surface area contributed by atoms with Crippen molar-refractivity contribution in [1.29, 1.82) is 0 Å². The van der Waals surface area contributed by atoms with Crippen LogP contribution in [0.3, 0.4) is 0 Å². The van der Waals surface area contributed by atoms with E-state index in [9.17, 15) is 19.3 Å². The summed E-state index contributed by atoms with van der Waals surface area (Å²) >= 11 is 0. The predicted molar refractivity (Wildman–Crippen MR) is 90.2 cm³/mol. The lowest BCUT2D eigenvalue weighted by atomic mass is 10.1. The Morgan fingerprint density at radius 3 is 2.73 bits per heavy atom. The Hall–Kier alpha value is -3.62. The van der Waals surface area contributed by atoms with Crippen LogP contribution in [0.2, 0.25) is 0 Å². The second kappa shape index (κ2) is 7.09. The third kappa shape index (κ3) is 3.41. The standard InChI is InChI=1S/C17H14FN5O3/c1-21(9-13-4-2-3-5-14(13)18)17(24)12-6-7-15(16(8-12)23(25)26)22-11-19-10-20-22/h2-8,10-11H,9H2,1H3. The van der Waals surface area contributed by atoms with Gasteiger partial charge < -0.3 is 4.90 Å². The Kier molecular flexibility index (Phi) is 4.70. The number of benzene rings is 2. The summed E-state index contributed by atoms with van der Waals surface area (Å²) in [6, 6.07) is 10.2. The number of aromatic nitrogens is 3. The van der Waals surface area contributed by atoms with E-state index < -0.39 is 16.6 Å². The van der Waals surface area contributed by atoms with Crippen LogP contribution < -0.4 is 0 Å². The molecule has 1 heterocycles. The topological polar surface area (TPSA) is 94.2 Å². The number of nitrogens with zero attached hydrogens (tertiary/aromatic N) is 5. The maximum absolute atomic E-state index is 13.8. The van der Waals surface area contributed by atoms with Crippen LogP contribution in [0.4, 0.5) is 10.1 Å². The highest BCUT2D eigenvalue weighted by atomic mass is 19.1. The van der Waals surface area contributed by atoms with Crippen molar-refractivity contribution in [2.75, 3.05) is 7.05 Å². The van der Waals surface area contributed by atoms with Gasteiger partial charge in [-0.3, -0.25) is 14.9 Å². The summed E-state index contributed by atoms with van der Waals surface area (Å²) in [7, 11) is 1.51. The summed E-state index contributed by atoms with van der Waals surface area (Å²) in [5.74, 6) is -0.874. The minimum absolute atomic E-state index is 0.0458. The minimum atomic E-state index is -0.593. The van der Waals surface area contributed by atoms with Gasteiger partial charge in [-0.2, -0.15) is 5.10 Å². The van der Waals surface area contributed by atoms with Gasteiger partial charge in [-0.1, -0.05) is 18.2 Å². The Morgan fingerprint density at radius 2 is 2.08 bits per heavy atom. The average Bonchev–Trinajstić information content (AvgIpc) is 3.17. The first-order chi connectivity index (χ1) is 12.5. The minimum Gasteiger partial charge on any atom is -0.337 e. The highest BCUT2D eigenvalue weighted by Gasteiger charge is 2.21. The summed E-state index contributed by atoms with van der Waals surface area (Å²) in [6.07, 6.45) is 2.58. The van der Waals surface area contributed by atoms with Crippen molar-refractivity contribution >= 4 is 11.6 Å². The molecule has 0 atom stereocenters. The van der Waals surface area contributed by atoms with E-state index in [1.807, 2.05) is 0 Å². The number of nitro benzene ring substituents is 1. The lowest BCUT2D eigenvalue weighted by molar-refractivity contribution is -0.384. The van der Waals surface area contributed by atoms with E-state index in [-0.39, 0.29) is 23.5 Å². The van der Waals surface area contributed by atoms with Crippen LogP contribution in [0.1, 0.15) is 15.9 Å². The number of carbonyl (C=O) groups is 1. The zero-order chi connectivity index (χ0) is 18.7. The molecule has 3 aromatic rings. The van der Waals surface area contributed by atoms with Gasteiger partial charge in [0.2, 0.25) is 0 Å². The molecule has 0 aliphatic rings. The van der Waals surface area contributed by atoms with Crippen molar-refractivity contribution in [3.63, 3.8) is 0 Å². The molecule has 0 N–H and O–H groups in total. The van der Waals surface area contributed by atoms with Gasteiger partial charge in [0.15, 0.2) is 0 Å². The molecule has 26 heavy (non-hydrogen) atoms. The molecular weight excluding hydrogens is 341 g/mol. The molecule has 1 amide bonds. The van der Waals surface area contributed by atoms with E-state index in [2.05, 4.69) is 10.1 Å². The number of carbonyl (C=O) groups excluding carboxylic acids is 1.